The van der Waals surface area contributed by atoms with Gasteiger partial charge in [-0.15, -0.1) is 0 Å². The molecule has 7 heteroatoms. The van der Waals surface area contributed by atoms with Gasteiger partial charge in [0, 0.05) is 31.6 Å². The summed E-state index contributed by atoms with van der Waals surface area (Å²) in [5.41, 5.74) is 7.06. The maximum atomic E-state index is 6.13. The van der Waals surface area contributed by atoms with E-state index in [1.807, 2.05) is 24.3 Å². The summed E-state index contributed by atoms with van der Waals surface area (Å²) in [5.74, 6) is 2.82. The summed E-state index contributed by atoms with van der Waals surface area (Å²) in [6.07, 6.45) is 8.93. The van der Waals surface area contributed by atoms with E-state index in [-0.39, 0.29) is 0 Å². The second-order valence-electron chi connectivity index (χ2n) is 7.19. The number of rotatable bonds is 8. The van der Waals surface area contributed by atoms with E-state index in [2.05, 4.69) is 20.0 Å². The Morgan fingerprint density at radius 1 is 1.11 bits per heavy atom. The van der Waals surface area contributed by atoms with Crippen LogP contribution in [0.2, 0.25) is 0 Å². The lowest BCUT2D eigenvalue weighted by molar-refractivity contribution is 0.374. The largest absolute Gasteiger partial charge is 0.497 e. The molecule has 0 radical (unpaired) electrons. The summed E-state index contributed by atoms with van der Waals surface area (Å²) in [7, 11) is 1.65. The second kappa shape index (κ2) is 10.7. The van der Waals surface area contributed by atoms with Crippen LogP contribution in [-0.4, -0.2) is 47.7 Å². The molecule has 2 aromatic rings. The molecule has 1 saturated heterocycles. The predicted octanol–water partition coefficient (Wildman–Crippen LogP) is 3.65. The molecule has 0 aliphatic carbocycles. The highest BCUT2D eigenvalue weighted by Crippen LogP contribution is 2.20. The Kier molecular flexibility index (Phi) is 7.70. The van der Waals surface area contributed by atoms with Crippen molar-refractivity contribution < 1.29 is 9.26 Å². The number of ether oxygens (including phenoxy) is 1. The summed E-state index contributed by atoms with van der Waals surface area (Å²) in [4.78, 5) is 11.3. The fourth-order valence-corrected chi connectivity index (χ4v) is 3.37. The molecule has 0 atom stereocenters. The van der Waals surface area contributed by atoms with Crippen molar-refractivity contribution in [1.82, 2.24) is 15.0 Å². The van der Waals surface area contributed by atoms with Crippen LogP contribution in [0.4, 0.5) is 0 Å². The number of hydrogen-bond acceptors (Lipinski definition) is 5. The average molecular weight is 386 g/mol. The molecule has 1 fully saturated rings. The summed E-state index contributed by atoms with van der Waals surface area (Å²) < 4.78 is 10.5. The standard InChI is InChI=1S/C21H31N5O2/c1-27-18-12-10-17(11-13-18)20-24-19(28-25-20)9-5-4-6-14-23-21(22)26-15-7-2-3-8-16-26/h10-13H,2-9,14-16H2,1H3,(H2,22,23). The molecule has 0 unspecified atom stereocenters. The smallest absolute Gasteiger partial charge is 0.226 e. The first-order valence-electron chi connectivity index (χ1n) is 10.3. The molecule has 0 bridgehead atoms. The van der Waals surface area contributed by atoms with E-state index >= 15 is 0 Å². The van der Waals surface area contributed by atoms with Crippen molar-refractivity contribution in [1.29, 1.82) is 0 Å². The van der Waals surface area contributed by atoms with Crippen LogP contribution < -0.4 is 10.5 Å². The number of likely N-dealkylation sites (tertiary alicyclic amines) is 1. The Morgan fingerprint density at radius 2 is 1.86 bits per heavy atom. The van der Waals surface area contributed by atoms with Gasteiger partial charge < -0.3 is 19.9 Å². The lowest BCUT2D eigenvalue weighted by atomic mass is 10.2. The monoisotopic (exact) mass is 385 g/mol. The highest BCUT2D eigenvalue weighted by molar-refractivity contribution is 5.78. The number of unbranched alkanes of at least 4 members (excludes halogenated alkanes) is 2. The van der Waals surface area contributed by atoms with Gasteiger partial charge in [-0.05, 0) is 49.9 Å². The molecule has 1 aromatic heterocycles. The van der Waals surface area contributed by atoms with Crippen LogP contribution in [0.3, 0.4) is 0 Å². The summed E-state index contributed by atoms with van der Waals surface area (Å²) in [6.45, 7) is 2.87. The normalized spacial score (nSPS) is 15.5. The average Bonchev–Trinajstić information content (AvgIpc) is 3.03. The van der Waals surface area contributed by atoms with Crippen molar-refractivity contribution in [3.63, 3.8) is 0 Å². The zero-order chi connectivity index (χ0) is 19.6. The topological polar surface area (TPSA) is 89.8 Å². The fourth-order valence-electron chi connectivity index (χ4n) is 3.37. The van der Waals surface area contributed by atoms with E-state index in [0.29, 0.717) is 17.7 Å². The molecular weight excluding hydrogens is 354 g/mol. The van der Waals surface area contributed by atoms with Crippen molar-refractivity contribution in [3.8, 4) is 17.1 Å². The maximum absolute atomic E-state index is 6.13. The van der Waals surface area contributed by atoms with Gasteiger partial charge in [0.25, 0.3) is 0 Å². The first kappa shape index (κ1) is 20.2. The molecule has 2 heterocycles. The van der Waals surface area contributed by atoms with Crippen LogP contribution in [-0.2, 0) is 6.42 Å². The lowest BCUT2D eigenvalue weighted by Gasteiger charge is -2.21. The van der Waals surface area contributed by atoms with Crippen LogP contribution in [0, 0.1) is 0 Å². The van der Waals surface area contributed by atoms with E-state index < -0.39 is 0 Å². The molecule has 2 N–H and O–H groups in total. The highest BCUT2D eigenvalue weighted by Gasteiger charge is 2.11. The van der Waals surface area contributed by atoms with Crippen molar-refractivity contribution in [2.45, 2.75) is 51.4 Å². The first-order chi connectivity index (χ1) is 13.8. The van der Waals surface area contributed by atoms with Crippen molar-refractivity contribution in [2.24, 2.45) is 10.7 Å². The molecule has 152 valence electrons. The number of benzene rings is 1. The predicted molar refractivity (Wildman–Crippen MR) is 110 cm³/mol. The third-order valence-corrected chi connectivity index (χ3v) is 5.07. The van der Waals surface area contributed by atoms with Crippen molar-refractivity contribution in [2.75, 3.05) is 26.7 Å². The van der Waals surface area contributed by atoms with Crippen molar-refractivity contribution in [3.05, 3.63) is 30.2 Å². The minimum atomic E-state index is 0.618. The molecule has 0 spiro atoms. The Hall–Kier alpha value is -2.57. The van der Waals surface area contributed by atoms with E-state index in [1.165, 1.54) is 25.7 Å². The number of aryl methyl sites for hydroxylation is 1. The van der Waals surface area contributed by atoms with Gasteiger partial charge >= 0.3 is 0 Å². The van der Waals surface area contributed by atoms with Crippen LogP contribution in [0.15, 0.2) is 33.8 Å². The number of aromatic nitrogens is 2. The van der Waals surface area contributed by atoms with Gasteiger partial charge in [-0.3, -0.25) is 4.99 Å². The van der Waals surface area contributed by atoms with Crippen molar-refractivity contribution >= 4 is 5.96 Å². The Balaban J connectivity index is 1.36. The number of guanidine groups is 1. The first-order valence-corrected chi connectivity index (χ1v) is 10.3. The quantitative estimate of drug-likeness (QED) is 0.424. The minimum Gasteiger partial charge on any atom is -0.497 e. The minimum absolute atomic E-state index is 0.618. The number of nitrogens with zero attached hydrogens (tertiary/aromatic N) is 4. The van der Waals surface area contributed by atoms with E-state index in [4.69, 9.17) is 15.0 Å². The third-order valence-electron chi connectivity index (χ3n) is 5.07. The molecule has 0 saturated carbocycles. The molecule has 1 aliphatic rings. The molecule has 1 aliphatic heterocycles. The van der Waals surface area contributed by atoms with Gasteiger partial charge in [-0.1, -0.05) is 24.4 Å². The van der Waals surface area contributed by atoms with Gasteiger partial charge in [-0.2, -0.15) is 4.98 Å². The zero-order valence-electron chi connectivity index (χ0n) is 16.8. The lowest BCUT2D eigenvalue weighted by Crippen LogP contribution is -2.38. The van der Waals surface area contributed by atoms with Crippen LogP contribution in [0.5, 0.6) is 5.75 Å². The number of hydrogen-bond donors (Lipinski definition) is 1. The Labute approximate surface area is 167 Å². The van der Waals surface area contributed by atoms with Gasteiger partial charge in [0.1, 0.15) is 5.75 Å². The SMILES string of the molecule is COc1ccc(-c2noc(CCCCCN=C(N)N3CCCCCC3)n2)cc1. The molecule has 28 heavy (non-hydrogen) atoms. The zero-order valence-corrected chi connectivity index (χ0v) is 16.8. The molecule has 0 amide bonds. The fraction of sp³-hybridized carbons (Fsp3) is 0.571. The maximum Gasteiger partial charge on any atom is 0.226 e. The summed E-state index contributed by atoms with van der Waals surface area (Å²) in [5, 5.41) is 4.07. The van der Waals surface area contributed by atoms with E-state index in [9.17, 15) is 0 Å². The Morgan fingerprint density at radius 3 is 2.57 bits per heavy atom. The second-order valence-corrected chi connectivity index (χ2v) is 7.19. The number of methoxy groups -OCH3 is 1. The number of aliphatic imine (C=N–C) groups is 1. The van der Waals surface area contributed by atoms with Crippen LogP contribution >= 0.6 is 0 Å². The van der Waals surface area contributed by atoms with Crippen LogP contribution in [0.25, 0.3) is 11.4 Å². The van der Waals surface area contributed by atoms with Gasteiger partial charge in [0.05, 0.1) is 7.11 Å². The molecular formula is C21H31N5O2. The number of nitrogens with two attached hydrogens (primary N) is 1. The van der Waals surface area contributed by atoms with Gasteiger partial charge in [-0.25, -0.2) is 0 Å². The van der Waals surface area contributed by atoms with Gasteiger partial charge in [0.15, 0.2) is 5.96 Å². The molecule has 3 rings (SSSR count). The Bertz CT molecular complexity index is 734. The van der Waals surface area contributed by atoms with E-state index in [0.717, 1.165) is 56.6 Å². The van der Waals surface area contributed by atoms with E-state index in [1.54, 1.807) is 7.11 Å². The summed E-state index contributed by atoms with van der Waals surface area (Å²) >= 11 is 0. The summed E-state index contributed by atoms with van der Waals surface area (Å²) in [6, 6.07) is 7.65. The van der Waals surface area contributed by atoms with Gasteiger partial charge in [0.2, 0.25) is 11.7 Å². The third kappa shape index (κ3) is 5.97. The molecule has 7 nitrogen and oxygen atoms in total. The highest BCUT2D eigenvalue weighted by atomic mass is 16.5. The molecule has 1 aromatic carbocycles. The van der Waals surface area contributed by atoms with Crippen LogP contribution in [0.1, 0.15) is 50.8 Å².